The molecule has 0 fully saturated rings. The number of hydrogen-bond acceptors (Lipinski definition) is 5. The van der Waals surface area contributed by atoms with Gasteiger partial charge >= 0.3 is 5.97 Å². The maximum absolute atomic E-state index is 11.5. The fraction of sp³-hybridized carbons (Fsp3) is 0.400. The Labute approximate surface area is 86.7 Å². The molecule has 0 aromatic carbocycles. The van der Waals surface area contributed by atoms with Crippen molar-refractivity contribution in [1.29, 1.82) is 0 Å². The zero-order valence-electron chi connectivity index (χ0n) is 8.25. The van der Waals surface area contributed by atoms with Crippen LogP contribution < -0.4 is 0 Å². The lowest BCUT2D eigenvalue weighted by molar-refractivity contribution is -0.146. The normalized spacial score (nSPS) is 23.8. The molecular weight excluding hydrogens is 198 g/mol. The van der Waals surface area contributed by atoms with Crippen molar-refractivity contribution in [2.24, 2.45) is 4.99 Å². The van der Waals surface area contributed by atoms with Crippen LogP contribution in [-0.4, -0.2) is 25.0 Å². The Morgan fingerprint density at radius 2 is 2.53 bits per heavy atom. The van der Waals surface area contributed by atoms with E-state index in [1.165, 1.54) is 12.7 Å². The van der Waals surface area contributed by atoms with E-state index in [0.717, 1.165) is 0 Å². The second-order valence-electron chi connectivity index (χ2n) is 3.02. The van der Waals surface area contributed by atoms with Gasteiger partial charge in [0.1, 0.15) is 5.76 Å². The summed E-state index contributed by atoms with van der Waals surface area (Å²) in [6.07, 6.45) is 2.28. The number of esters is 1. The van der Waals surface area contributed by atoms with Crippen molar-refractivity contribution < 1.29 is 18.7 Å². The molecule has 0 radical (unpaired) electrons. The summed E-state index contributed by atoms with van der Waals surface area (Å²) < 4.78 is 15.2. The van der Waals surface area contributed by atoms with Crippen LogP contribution in [0.4, 0.5) is 0 Å². The van der Waals surface area contributed by atoms with Crippen LogP contribution in [0.5, 0.6) is 0 Å². The van der Waals surface area contributed by atoms with Crippen molar-refractivity contribution in [3.05, 3.63) is 24.2 Å². The summed E-state index contributed by atoms with van der Waals surface area (Å²) in [5, 5.41) is 0. The maximum atomic E-state index is 11.5. The second-order valence-corrected chi connectivity index (χ2v) is 3.02. The molecule has 1 aliphatic rings. The number of furan rings is 1. The van der Waals surface area contributed by atoms with Gasteiger partial charge in [0.25, 0.3) is 0 Å². The van der Waals surface area contributed by atoms with Crippen LogP contribution in [0.1, 0.15) is 18.8 Å². The van der Waals surface area contributed by atoms with Crippen LogP contribution in [-0.2, 0) is 14.3 Å². The molecule has 0 spiro atoms. The minimum atomic E-state index is -0.656. The van der Waals surface area contributed by atoms with Crippen molar-refractivity contribution >= 4 is 12.4 Å². The third-order valence-electron chi connectivity index (χ3n) is 2.07. The summed E-state index contributed by atoms with van der Waals surface area (Å²) in [5.41, 5.74) is 0. The van der Waals surface area contributed by atoms with Gasteiger partial charge in [-0.25, -0.2) is 9.79 Å². The second kappa shape index (κ2) is 4.16. The molecule has 5 nitrogen and oxygen atoms in total. The van der Waals surface area contributed by atoms with E-state index in [0.29, 0.717) is 12.4 Å². The van der Waals surface area contributed by atoms with Crippen molar-refractivity contribution in [3.63, 3.8) is 0 Å². The van der Waals surface area contributed by atoms with Gasteiger partial charge in [-0.15, -0.1) is 0 Å². The number of nitrogens with zero attached hydrogens (tertiary/aromatic N) is 1. The van der Waals surface area contributed by atoms with Gasteiger partial charge in [-0.05, 0) is 19.1 Å². The highest BCUT2D eigenvalue weighted by Crippen LogP contribution is 2.27. The number of carbonyl (C=O) groups is 1. The monoisotopic (exact) mass is 209 g/mol. The van der Waals surface area contributed by atoms with E-state index in [1.807, 2.05) is 0 Å². The van der Waals surface area contributed by atoms with Crippen LogP contribution in [0, 0.1) is 0 Å². The molecule has 0 aliphatic carbocycles. The Balaban J connectivity index is 2.11. The minimum Gasteiger partial charge on any atom is -0.469 e. The lowest BCUT2D eigenvalue weighted by Gasteiger charge is -2.13. The molecule has 0 bridgehead atoms. The fourth-order valence-electron chi connectivity index (χ4n) is 1.41. The lowest BCUT2D eigenvalue weighted by Crippen LogP contribution is -2.26. The molecule has 1 aliphatic heterocycles. The van der Waals surface area contributed by atoms with Crippen LogP contribution in [0.3, 0.4) is 0 Å². The van der Waals surface area contributed by atoms with Gasteiger partial charge in [-0.1, -0.05) is 0 Å². The van der Waals surface area contributed by atoms with Crippen LogP contribution in [0.2, 0.25) is 0 Å². The van der Waals surface area contributed by atoms with Gasteiger partial charge in [-0.3, -0.25) is 0 Å². The first-order valence-corrected chi connectivity index (χ1v) is 4.70. The highest BCUT2D eigenvalue weighted by molar-refractivity contribution is 5.80. The SMILES string of the molecule is CCOC(=O)[C@@H]1N=COC1c1ccco1. The van der Waals surface area contributed by atoms with E-state index in [1.54, 1.807) is 19.1 Å². The molecule has 80 valence electrons. The van der Waals surface area contributed by atoms with Gasteiger partial charge in [0, 0.05) is 0 Å². The molecule has 0 amide bonds. The molecule has 1 aromatic heterocycles. The topological polar surface area (TPSA) is 61.0 Å². The van der Waals surface area contributed by atoms with E-state index in [-0.39, 0.29) is 0 Å². The summed E-state index contributed by atoms with van der Waals surface area (Å²) in [4.78, 5) is 15.4. The molecule has 0 saturated carbocycles. The van der Waals surface area contributed by atoms with Crippen molar-refractivity contribution in [2.75, 3.05) is 6.61 Å². The highest BCUT2D eigenvalue weighted by atomic mass is 16.5. The minimum absolute atomic E-state index is 0.329. The summed E-state index contributed by atoms with van der Waals surface area (Å²) in [7, 11) is 0. The van der Waals surface area contributed by atoms with Crippen LogP contribution in [0.25, 0.3) is 0 Å². The molecule has 2 atom stereocenters. The molecule has 15 heavy (non-hydrogen) atoms. The van der Waals surface area contributed by atoms with Crippen molar-refractivity contribution in [2.45, 2.75) is 19.1 Å². The molecule has 0 saturated heterocycles. The van der Waals surface area contributed by atoms with E-state index in [4.69, 9.17) is 13.9 Å². The molecule has 2 rings (SSSR count). The smallest absolute Gasteiger partial charge is 0.335 e. The number of carbonyl (C=O) groups excluding carboxylic acids is 1. The Bertz CT molecular complexity index is 358. The van der Waals surface area contributed by atoms with Gasteiger partial charge in [0.15, 0.2) is 18.5 Å². The van der Waals surface area contributed by atoms with Gasteiger partial charge in [-0.2, -0.15) is 0 Å². The Kier molecular flexibility index (Phi) is 2.71. The number of hydrogen-bond donors (Lipinski definition) is 0. The zero-order chi connectivity index (χ0) is 10.7. The first-order chi connectivity index (χ1) is 7.33. The largest absolute Gasteiger partial charge is 0.469 e. The third kappa shape index (κ3) is 1.86. The molecule has 0 N–H and O–H groups in total. The highest BCUT2D eigenvalue weighted by Gasteiger charge is 2.36. The Hall–Kier alpha value is -1.78. The van der Waals surface area contributed by atoms with Gasteiger partial charge in [0.2, 0.25) is 0 Å². The van der Waals surface area contributed by atoms with E-state index in [2.05, 4.69) is 4.99 Å². The number of ether oxygens (including phenoxy) is 2. The summed E-state index contributed by atoms with van der Waals surface area (Å²) in [6, 6.07) is 2.82. The maximum Gasteiger partial charge on any atom is 0.335 e. The molecule has 1 aromatic rings. The molecule has 1 unspecified atom stereocenters. The van der Waals surface area contributed by atoms with E-state index < -0.39 is 18.1 Å². The summed E-state index contributed by atoms with van der Waals surface area (Å²) >= 11 is 0. The lowest BCUT2D eigenvalue weighted by atomic mass is 10.1. The van der Waals surface area contributed by atoms with E-state index in [9.17, 15) is 4.79 Å². The zero-order valence-corrected chi connectivity index (χ0v) is 8.25. The average Bonchev–Trinajstić information content (AvgIpc) is 2.88. The average molecular weight is 209 g/mol. The molecule has 5 heteroatoms. The fourth-order valence-corrected chi connectivity index (χ4v) is 1.41. The first-order valence-electron chi connectivity index (χ1n) is 4.70. The van der Waals surface area contributed by atoms with Crippen LogP contribution in [0.15, 0.2) is 27.8 Å². The molecule has 2 heterocycles. The van der Waals surface area contributed by atoms with Gasteiger partial charge in [0.05, 0.1) is 12.9 Å². The summed E-state index contributed by atoms with van der Waals surface area (Å²) in [5.74, 6) is 0.179. The standard InChI is InChI=1S/C10H11NO4/c1-2-13-10(12)8-9(15-6-11-8)7-4-3-5-14-7/h3-6,8-9H,2H2,1H3/t8-,9?/m1/s1. The number of aliphatic imine (C=N–C) groups is 1. The Morgan fingerprint density at radius 1 is 1.67 bits per heavy atom. The van der Waals surface area contributed by atoms with Crippen LogP contribution >= 0.6 is 0 Å². The summed E-state index contributed by atoms with van der Waals surface area (Å²) in [6.45, 7) is 2.08. The van der Waals surface area contributed by atoms with Gasteiger partial charge < -0.3 is 13.9 Å². The van der Waals surface area contributed by atoms with Crippen molar-refractivity contribution in [1.82, 2.24) is 0 Å². The quantitative estimate of drug-likeness (QED) is 0.704. The first kappa shape index (κ1) is 9.76. The van der Waals surface area contributed by atoms with Crippen molar-refractivity contribution in [3.8, 4) is 0 Å². The molecular formula is C10H11NO4. The van der Waals surface area contributed by atoms with E-state index >= 15 is 0 Å². The number of rotatable bonds is 3. The predicted molar refractivity (Wildman–Crippen MR) is 51.4 cm³/mol. The Morgan fingerprint density at radius 3 is 3.20 bits per heavy atom. The predicted octanol–water partition coefficient (Wildman–Crippen LogP) is 1.31. The third-order valence-corrected chi connectivity index (χ3v) is 2.07.